The number of ether oxygens (including phenoxy) is 2. The number of methoxy groups -OCH3 is 1. The second kappa shape index (κ2) is 6.79. The first-order valence-electron chi connectivity index (χ1n) is 7.26. The summed E-state index contributed by atoms with van der Waals surface area (Å²) >= 11 is 0. The quantitative estimate of drug-likeness (QED) is 0.648. The van der Waals surface area contributed by atoms with Gasteiger partial charge in [0.1, 0.15) is 11.5 Å². The van der Waals surface area contributed by atoms with Crippen LogP contribution in [0, 0.1) is 0 Å². The van der Waals surface area contributed by atoms with Crippen LogP contribution in [0.4, 0.5) is 0 Å². The molecule has 23 heavy (non-hydrogen) atoms. The maximum atomic E-state index is 11.0. The van der Waals surface area contributed by atoms with Crippen LogP contribution in [-0.4, -0.2) is 13.6 Å². The fourth-order valence-electron chi connectivity index (χ4n) is 2.56. The third kappa shape index (κ3) is 3.09. The molecule has 3 aromatic rings. The lowest BCUT2D eigenvalue weighted by atomic mass is 9.96. The van der Waals surface area contributed by atoms with Crippen molar-refractivity contribution in [2.75, 3.05) is 7.11 Å². The fraction of sp³-hybridized carbons (Fsp3) is 0.0500. The van der Waals surface area contributed by atoms with Gasteiger partial charge in [0.25, 0.3) is 6.47 Å². The molecule has 0 spiro atoms. The van der Waals surface area contributed by atoms with Gasteiger partial charge in [-0.3, -0.25) is 4.79 Å². The summed E-state index contributed by atoms with van der Waals surface area (Å²) in [4.78, 5) is 11.0. The van der Waals surface area contributed by atoms with Gasteiger partial charge < -0.3 is 9.47 Å². The summed E-state index contributed by atoms with van der Waals surface area (Å²) in [6.07, 6.45) is 0. The molecule has 3 heteroatoms. The van der Waals surface area contributed by atoms with Gasteiger partial charge in [-0.05, 0) is 23.3 Å². The molecular formula is C20H16O3. The molecule has 0 aliphatic heterocycles. The van der Waals surface area contributed by atoms with Crippen molar-refractivity contribution in [2.45, 2.75) is 0 Å². The van der Waals surface area contributed by atoms with E-state index in [9.17, 15) is 4.79 Å². The van der Waals surface area contributed by atoms with Crippen molar-refractivity contribution >= 4 is 6.47 Å². The van der Waals surface area contributed by atoms with Crippen molar-refractivity contribution in [1.29, 1.82) is 0 Å². The zero-order valence-electron chi connectivity index (χ0n) is 12.7. The molecule has 0 radical (unpaired) electrons. The van der Waals surface area contributed by atoms with E-state index >= 15 is 0 Å². The Morgan fingerprint density at radius 3 is 1.65 bits per heavy atom. The van der Waals surface area contributed by atoms with Gasteiger partial charge in [-0.2, -0.15) is 0 Å². The van der Waals surface area contributed by atoms with Crippen LogP contribution in [0.2, 0.25) is 0 Å². The van der Waals surface area contributed by atoms with E-state index in [0.29, 0.717) is 18.0 Å². The molecule has 0 saturated heterocycles. The van der Waals surface area contributed by atoms with Crippen LogP contribution in [0.25, 0.3) is 22.3 Å². The van der Waals surface area contributed by atoms with Crippen molar-refractivity contribution in [3.63, 3.8) is 0 Å². The van der Waals surface area contributed by atoms with Gasteiger partial charge in [0.05, 0.1) is 7.11 Å². The first-order valence-corrected chi connectivity index (χ1v) is 7.26. The molecule has 0 aliphatic rings. The average molecular weight is 304 g/mol. The minimum absolute atomic E-state index is 0.459. The molecule has 0 saturated carbocycles. The topological polar surface area (TPSA) is 35.5 Å². The van der Waals surface area contributed by atoms with Crippen molar-refractivity contribution in [3.05, 3.63) is 72.8 Å². The smallest absolute Gasteiger partial charge is 0.298 e. The number of hydrogen-bond donors (Lipinski definition) is 0. The summed E-state index contributed by atoms with van der Waals surface area (Å²) in [6.45, 7) is 0.459. The summed E-state index contributed by atoms with van der Waals surface area (Å²) in [5.74, 6) is 1.24. The molecule has 0 atom stereocenters. The Morgan fingerprint density at radius 1 is 0.783 bits per heavy atom. The molecule has 0 bridgehead atoms. The van der Waals surface area contributed by atoms with Gasteiger partial charge in [-0.1, -0.05) is 60.7 Å². The minimum Gasteiger partial charge on any atom is -0.497 e. The van der Waals surface area contributed by atoms with Crippen LogP contribution in [-0.2, 0) is 4.79 Å². The lowest BCUT2D eigenvalue weighted by molar-refractivity contribution is -0.120. The van der Waals surface area contributed by atoms with Crippen molar-refractivity contribution in [1.82, 2.24) is 0 Å². The second-order valence-corrected chi connectivity index (χ2v) is 5.00. The van der Waals surface area contributed by atoms with Crippen LogP contribution >= 0.6 is 0 Å². The molecule has 3 nitrogen and oxygen atoms in total. The summed E-state index contributed by atoms with van der Waals surface area (Å²) in [7, 11) is 1.62. The van der Waals surface area contributed by atoms with Crippen LogP contribution in [0.15, 0.2) is 72.8 Å². The average Bonchev–Trinajstić information content (AvgIpc) is 2.63. The number of benzene rings is 3. The Bertz CT molecular complexity index is 735. The predicted molar refractivity (Wildman–Crippen MR) is 90.6 cm³/mol. The second-order valence-electron chi connectivity index (χ2n) is 5.00. The summed E-state index contributed by atoms with van der Waals surface area (Å²) in [5, 5.41) is 0. The molecule has 0 heterocycles. The van der Waals surface area contributed by atoms with Crippen LogP contribution in [0.1, 0.15) is 0 Å². The van der Waals surface area contributed by atoms with E-state index in [1.807, 2.05) is 72.8 Å². The van der Waals surface area contributed by atoms with E-state index in [2.05, 4.69) is 0 Å². The maximum Gasteiger partial charge on any atom is 0.298 e. The van der Waals surface area contributed by atoms with Crippen LogP contribution < -0.4 is 9.47 Å². The lowest BCUT2D eigenvalue weighted by Gasteiger charge is -2.15. The number of rotatable bonds is 5. The van der Waals surface area contributed by atoms with Gasteiger partial charge in [0.15, 0.2) is 0 Å². The van der Waals surface area contributed by atoms with Gasteiger partial charge in [0.2, 0.25) is 0 Å². The monoisotopic (exact) mass is 304 g/mol. The minimum atomic E-state index is 0.459. The van der Waals surface area contributed by atoms with E-state index in [1.54, 1.807) is 7.11 Å². The molecule has 0 amide bonds. The standard InChI is InChI=1S/C20H16O3/c1-22-17-12-18(15-8-4-2-5-9-15)20(23-14-21)19(13-17)16-10-6-3-7-11-16/h2-14H,1H3. The highest BCUT2D eigenvalue weighted by atomic mass is 16.5. The SMILES string of the molecule is COc1cc(-c2ccccc2)c(OC=O)c(-c2ccccc2)c1. The van der Waals surface area contributed by atoms with E-state index in [1.165, 1.54) is 0 Å². The van der Waals surface area contributed by atoms with Gasteiger partial charge in [-0.25, -0.2) is 0 Å². The summed E-state index contributed by atoms with van der Waals surface area (Å²) in [6, 6.07) is 23.3. The molecular weight excluding hydrogens is 288 g/mol. The Labute approximate surface area is 135 Å². The van der Waals surface area contributed by atoms with E-state index in [-0.39, 0.29) is 0 Å². The zero-order valence-corrected chi connectivity index (χ0v) is 12.7. The Morgan fingerprint density at radius 2 is 1.26 bits per heavy atom. The van der Waals surface area contributed by atoms with Crippen molar-refractivity contribution in [2.24, 2.45) is 0 Å². The van der Waals surface area contributed by atoms with E-state index < -0.39 is 0 Å². The highest BCUT2D eigenvalue weighted by Gasteiger charge is 2.16. The first-order chi connectivity index (χ1) is 11.3. The molecule has 114 valence electrons. The van der Waals surface area contributed by atoms with Crippen molar-refractivity contribution < 1.29 is 14.3 Å². The largest absolute Gasteiger partial charge is 0.497 e. The summed E-state index contributed by atoms with van der Waals surface area (Å²) in [5.41, 5.74) is 3.55. The molecule has 0 aromatic heterocycles. The van der Waals surface area contributed by atoms with Gasteiger partial charge >= 0.3 is 0 Å². The number of carbonyl (C=O) groups is 1. The van der Waals surface area contributed by atoms with Gasteiger partial charge in [0, 0.05) is 11.1 Å². The van der Waals surface area contributed by atoms with E-state index in [0.717, 1.165) is 22.3 Å². The fourth-order valence-corrected chi connectivity index (χ4v) is 2.56. The maximum absolute atomic E-state index is 11.0. The highest BCUT2D eigenvalue weighted by molar-refractivity contribution is 5.85. The molecule has 0 fully saturated rings. The molecule has 0 aliphatic carbocycles. The molecule has 3 rings (SSSR count). The van der Waals surface area contributed by atoms with E-state index in [4.69, 9.17) is 9.47 Å². The molecule has 0 unspecified atom stereocenters. The van der Waals surface area contributed by atoms with Crippen molar-refractivity contribution in [3.8, 4) is 33.8 Å². The highest BCUT2D eigenvalue weighted by Crippen LogP contribution is 2.42. The summed E-state index contributed by atoms with van der Waals surface area (Å²) < 4.78 is 10.8. The van der Waals surface area contributed by atoms with Crippen LogP contribution in [0.3, 0.4) is 0 Å². The number of carbonyl (C=O) groups excluding carboxylic acids is 1. The molecule has 3 aromatic carbocycles. The normalized spacial score (nSPS) is 10.1. The number of hydrogen-bond acceptors (Lipinski definition) is 3. The lowest BCUT2D eigenvalue weighted by Crippen LogP contribution is -1.97. The Hall–Kier alpha value is -3.07. The van der Waals surface area contributed by atoms with Gasteiger partial charge in [-0.15, -0.1) is 0 Å². The Balaban J connectivity index is 2.28. The Kier molecular flexibility index (Phi) is 4.39. The zero-order chi connectivity index (χ0) is 16.1. The third-order valence-electron chi connectivity index (χ3n) is 3.63. The molecule has 0 N–H and O–H groups in total. The third-order valence-corrected chi connectivity index (χ3v) is 3.63. The van der Waals surface area contributed by atoms with Crippen LogP contribution in [0.5, 0.6) is 11.5 Å². The first kappa shape index (κ1) is 14.9. The predicted octanol–water partition coefficient (Wildman–Crippen LogP) is 4.56.